The van der Waals surface area contributed by atoms with Crippen molar-refractivity contribution in [3.05, 3.63) is 101 Å². The molecule has 4 aromatic rings. The molecule has 0 fully saturated rings. The molecule has 0 spiro atoms. The molecule has 29 heavy (non-hydrogen) atoms. The van der Waals surface area contributed by atoms with Crippen molar-refractivity contribution in [1.82, 2.24) is 20.3 Å². The fourth-order valence-electron chi connectivity index (χ4n) is 3.02. The van der Waals surface area contributed by atoms with Gasteiger partial charge in [-0.1, -0.05) is 64.8 Å². The summed E-state index contributed by atoms with van der Waals surface area (Å²) in [4.78, 5) is 12.5. The number of carbonyl (C=O) groups is 1. The maximum Gasteiger partial charge on any atom is 0.251 e. The maximum absolute atomic E-state index is 12.5. The monoisotopic (exact) mass is 402 g/mol. The molecule has 0 aliphatic carbocycles. The number of hydrogen-bond acceptors (Lipinski definition) is 3. The van der Waals surface area contributed by atoms with Gasteiger partial charge in [0.1, 0.15) is 0 Å². The van der Waals surface area contributed by atoms with Crippen LogP contribution in [-0.4, -0.2) is 20.9 Å². The molecule has 1 aromatic heterocycles. The topological polar surface area (TPSA) is 59.8 Å². The third kappa shape index (κ3) is 4.20. The largest absolute Gasteiger partial charge is 0.348 e. The summed E-state index contributed by atoms with van der Waals surface area (Å²) in [5.74, 6) is -0.159. The summed E-state index contributed by atoms with van der Waals surface area (Å²) in [5.41, 5.74) is 5.39. The van der Waals surface area contributed by atoms with Crippen LogP contribution in [0.5, 0.6) is 0 Å². The predicted octanol–water partition coefficient (Wildman–Crippen LogP) is 4.83. The van der Waals surface area contributed by atoms with Crippen LogP contribution in [0.15, 0.2) is 79.0 Å². The zero-order valence-corrected chi connectivity index (χ0v) is 16.6. The normalized spacial score (nSPS) is 10.7. The fourth-order valence-corrected chi connectivity index (χ4v) is 3.22. The standard InChI is InChI=1S/C23H19ClN4O/c1-16-6-8-17(9-7-16)22-15-26-27-28(22)20-12-10-18(11-13-20)23(29)25-14-19-4-2-3-5-21(19)24/h2-13,15H,14H2,1H3,(H,25,29). The number of halogens is 1. The average molecular weight is 403 g/mol. The first-order chi connectivity index (χ1) is 14.1. The van der Waals surface area contributed by atoms with Gasteiger partial charge in [0.05, 0.1) is 17.6 Å². The minimum Gasteiger partial charge on any atom is -0.348 e. The van der Waals surface area contributed by atoms with Gasteiger partial charge >= 0.3 is 0 Å². The summed E-state index contributed by atoms with van der Waals surface area (Å²) in [7, 11) is 0. The van der Waals surface area contributed by atoms with E-state index in [1.807, 2.05) is 48.5 Å². The summed E-state index contributed by atoms with van der Waals surface area (Å²) in [6.45, 7) is 2.43. The Kier molecular flexibility index (Phi) is 5.40. The van der Waals surface area contributed by atoms with Crippen molar-refractivity contribution in [2.24, 2.45) is 0 Å². The molecule has 0 saturated heterocycles. The van der Waals surface area contributed by atoms with Crippen molar-refractivity contribution in [3.63, 3.8) is 0 Å². The second kappa shape index (κ2) is 8.29. The molecular formula is C23H19ClN4O. The van der Waals surface area contributed by atoms with E-state index < -0.39 is 0 Å². The number of benzene rings is 3. The molecule has 0 aliphatic rings. The average Bonchev–Trinajstić information content (AvgIpc) is 3.23. The SMILES string of the molecule is Cc1ccc(-c2cnnn2-c2ccc(C(=O)NCc3ccccc3Cl)cc2)cc1. The Bertz CT molecular complexity index is 1130. The van der Waals surface area contributed by atoms with Crippen LogP contribution in [0.25, 0.3) is 16.9 Å². The predicted molar refractivity (Wildman–Crippen MR) is 114 cm³/mol. The lowest BCUT2D eigenvalue weighted by atomic mass is 10.1. The highest BCUT2D eigenvalue weighted by Gasteiger charge is 2.11. The highest BCUT2D eigenvalue weighted by Crippen LogP contribution is 2.22. The summed E-state index contributed by atoms with van der Waals surface area (Å²) in [6, 6.07) is 22.9. The second-order valence-corrected chi connectivity index (χ2v) is 7.13. The zero-order valence-electron chi connectivity index (χ0n) is 15.8. The van der Waals surface area contributed by atoms with E-state index in [1.165, 1.54) is 5.56 Å². The van der Waals surface area contributed by atoms with Gasteiger partial charge < -0.3 is 5.32 Å². The quantitative estimate of drug-likeness (QED) is 0.520. The van der Waals surface area contributed by atoms with E-state index in [2.05, 4.69) is 34.7 Å². The first-order valence-electron chi connectivity index (χ1n) is 9.21. The molecule has 0 unspecified atom stereocenters. The lowest BCUT2D eigenvalue weighted by molar-refractivity contribution is 0.0951. The van der Waals surface area contributed by atoms with Crippen molar-refractivity contribution >= 4 is 17.5 Å². The molecular weight excluding hydrogens is 384 g/mol. The van der Waals surface area contributed by atoms with Gasteiger partial charge in [-0.05, 0) is 42.8 Å². The molecule has 4 rings (SSSR count). The summed E-state index contributed by atoms with van der Waals surface area (Å²) in [6.07, 6.45) is 1.73. The molecule has 0 bridgehead atoms. The van der Waals surface area contributed by atoms with Crippen LogP contribution in [0.4, 0.5) is 0 Å². The van der Waals surface area contributed by atoms with E-state index >= 15 is 0 Å². The van der Waals surface area contributed by atoms with E-state index in [4.69, 9.17) is 11.6 Å². The van der Waals surface area contributed by atoms with Crippen molar-refractivity contribution in [2.75, 3.05) is 0 Å². The van der Waals surface area contributed by atoms with Gasteiger partial charge in [0.15, 0.2) is 0 Å². The van der Waals surface area contributed by atoms with E-state index in [-0.39, 0.29) is 5.91 Å². The Morgan fingerprint density at radius 3 is 2.45 bits per heavy atom. The number of rotatable bonds is 5. The van der Waals surface area contributed by atoms with Gasteiger partial charge in [0, 0.05) is 22.7 Å². The highest BCUT2D eigenvalue weighted by atomic mass is 35.5. The molecule has 0 saturated carbocycles. The third-order valence-electron chi connectivity index (χ3n) is 4.67. The Hall–Kier alpha value is -3.44. The first kappa shape index (κ1) is 18.9. The van der Waals surface area contributed by atoms with Gasteiger partial charge in [0.2, 0.25) is 0 Å². The van der Waals surface area contributed by atoms with Crippen molar-refractivity contribution < 1.29 is 4.79 Å². The maximum atomic E-state index is 12.5. The molecule has 0 atom stereocenters. The Morgan fingerprint density at radius 2 is 1.72 bits per heavy atom. The van der Waals surface area contributed by atoms with Crippen LogP contribution in [0.2, 0.25) is 5.02 Å². The lowest BCUT2D eigenvalue weighted by Gasteiger charge is -2.09. The van der Waals surface area contributed by atoms with Crippen LogP contribution in [-0.2, 0) is 6.54 Å². The summed E-state index contributed by atoms with van der Waals surface area (Å²) < 4.78 is 1.76. The molecule has 5 nitrogen and oxygen atoms in total. The van der Waals surface area contributed by atoms with E-state index in [1.54, 1.807) is 23.0 Å². The van der Waals surface area contributed by atoms with Gasteiger partial charge in [-0.2, -0.15) is 0 Å². The van der Waals surface area contributed by atoms with Crippen LogP contribution in [0.3, 0.4) is 0 Å². The number of carbonyl (C=O) groups excluding carboxylic acids is 1. The van der Waals surface area contributed by atoms with Gasteiger partial charge in [-0.3, -0.25) is 4.79 Å². The fraction of sp³-hybridized carbons (Fsp3) is 0.0870. The first-order valence-corrected chi connectivity index (χ1v) is 9.59. The number of nitrogens with one attached hydrogen (secondary N) is 1. The number of amides is 1. The summed E-state index contributed by atoms with van der Waals surface area (Å²) in [5, 5.41) is 11.8. The third-order valence-corrected chi connectivity index (χ3v) is 5.04. The molecule has 0 aliphatic heterocycles. The van der Waals surface area contributed by atoms with Crippen LogP contribution >= 0.6 is 11.6 Å². The van der Waals surface area contributed by atoms with Crippen LogP contribution < -0.4 is 5.32 Å². The van der Waals surface area contributed by atoms with Gasteiger partial charge in [-0.25, -0.2) is 4.68 Å². The Labute approximate surface area is 174 Å². The van der Waals surface area contributed by atoms with Crippen molar-refractivity contribution in [1.29, 1.82) is 0 Å². The van der Waals surface area contributed by atoms with Crippen LogP contribution in [0, 0.1) is 6.92 Å². The molecule has 144 valence electrons. The van der Waals surface area contributed by atoms with Gasteiger partial charge in [0.25, 0.3) is 5.91 Å². The van der Waals surface area contributed by atoms with Crippen molar-refractivity contribution in [3.8, 4) is 16.9 Å². The molecule has 1 heterocycles. The molecule has 1 N–H and O–H groups in total. The van der Waals surface area contributed by atoms with E-state index in [0.717, 1.165) is 22.5 Å². The Balaban J connectivity index is 1.50. The van der Waals surface area contributed by atoms with Crippen molar-refractivity contribution in [2.45, 2.75) is 13.5 Å². The second-order valence-electron chi connectivity index (χ2n) is 6.72. The summed E-state index contributed by atoms with van der Waals surface area (Å²) >= 11 is 6.14. The molecule has 6 heteroatoms. The van der Waals surface area contributed by atoms with Gasteiger partial charge in [-0.15, -0.1) is 5.10 Å². The van der Waals surface area contributed by atoms with E-state index in [9.17, 15) is 4.79 Å². The zero-order chi connectivity index (χ0) is 20.2. The minimum absolute atomic E-state index is 0.159. The van der Waals surface area contributed by atoms with E-state index in [0.29, 0.717) is 17.1 Å². The number of hydrogen-bond donors (Lipinski definition) is 1. The highest BCUT2D eigenvalue weighted by molar-refractivity contribution is 6.31. The van der Waals surface area contributed by atoms with Crippen LogP contribution in [0.1, 0.15) is 21.5 Å². The molecule has 3 aromatic carbocycles. The number of aryl methyl sites for hydroxylation is 1. The number of nitrogens with zero attached hydrogens (tertiary/aromatic N) is 3. The number of aromatic nitrogens is 3. The smallest absolute Gasteiger partial charge is 0.251 e. The molecule has 1 amide bonds. The molecule has 0 radical (unpaired) electrons. The minimum atomic E-state index is -0.159. The lowest BCUT2D eigenvalue weighted by Crippen LogP contribution is -2.22. The Morgan fingerprint density at radius 1 is 1.00 bits per heavy atom.